The number of thioether (sulfide) groups is 1. The van der Waals surface area contributed by atoms with Gasteiger partial charge in [0.1, 0.15) is 0 Å². The number of fused-ring (bicyclic) bond motifs is 1. The summed E-state index contributed by atoms with van der Waals surface area (Å²) in [6.45, 7) is 8.05. The molecule has 2 aromatic rings. The first-order valence-corrected chi connectivity index (χ1v) is 7.38. The van der Waals surface area contributed by atoms with Gasteiger partial charge in [-0.1, -0.05) is 44.0 Å². The molecule has 0 radical (unpaired) electrons. The standard InChI is InChI=1S/C14H14Cl2O2S/c1-7-5-10(17)18-12-8(7)6-9(15)13(11(12)16)19-14(2,3)4/h5-6H,1-4H3. The highest BCUT2D eigenvalue weighted by molar-refractivity contribution is 8.00. The monoisotopic (exact) mass is 316 g/mol. The molecule has 0 unspecified atom stereocenters. The second kappa shape index (κ2) is 5.04. The predicted molar refractivity (Wildman–Crippen MR) is 82.9 cm³/mol. The van der Waals surface area contributed by atoms with Crippen LogP contribution >= 0.6 is 35.0 Å². The average Bonchev–Trinajstić information content (AvgIpc) is 2.25. The molecule has 0 saturated carbocycles. The van der Waals surface area contributed by atoms with E-state index in [0.29, 0.717) is 15.6 Å². The van der Waals surface area contributed by atoms with E-state index in [1.165, 1.54) is 6.07 Å². The number of rotatable bonds is 1. The van der Waals surface area contributed by atoms with E-state index in [1.54, 1.807) is 17.8 Å². The minimum atomic E-state index is -0.402. The largest absolute Gasteiger partial charge is 0.421 e. The summed E-state index contributed by atoms with van der Waals surface area (Å²) in [5.41, 5.74) is 0.811. The first kappa shape index (κ1) is 14.8. The third-order valence-electron chi connectivity index (χ3n) is 2.50. The van der Waals surface area contributed by atoms with Gasteiger partial charge >= 0.3 is 5.63 Å². The lowest BCUT2D eigenvalue weighted by Gasteiger charge is -2.20. The van der Waals surface area contributed by atoms with Gasteiger partial charge < -0.3 is 4.42 Å². The maximum absolute atomic E-state index is 11.5. The normalized spacial score (nSPS) is 12.1. The number of halogens is 2. The van der Waals surface area contributed by atoms with Gasteiger partial charge in [-0.25, -0.2) is 4.79 Å². The van der Waals surface area contributed by atoms with Crippen molar-refractivity contribution in [2.24, 2.45) is 0 Å². The first-order valence-electron chi connectivity index (χ1n) is 5.80. The van der Waals surface area contributed by atoms with Crippen molar-refractivity contribution in [1.29, 1.82) is 0 Å². The maximum atomic E-state index is 11.5. The lowest BCUT2D eigenvalue weighted by molar-refractivity contribution is 0.559. The highest BCUT2D eigenvalue weighted by atomic mass is 35.5. The SMILES string of the molecule is Cc1cc(=O)oc2c(Cl)c(SC(C)(C)C)c(Cl)cc12. The quantitative estimate of drug-likeness (QED) is 0.528. The van der Waals surface area contributed by atoms with Gasteiger partial charge in [0.25, 0.3) is 0 Å². The topological polar surface area (TPSA) is 30.2 Å². The lowest BCUT2D eigenvalue weighted by Crippen LogP contribution is -2.07. The molecule has 0 saturated heterocycles. The molecule has 0 bridgehead atoms. The third-order valence-corrected chi connectivity index (χ3v) is 4.62. The van der Waals surface area contributed by atoms with Crippen molar-refractivity contribution in [3.05, 3.63) is 38.2 Å². The van der Waals surface area contributed by atoms with Crippen molar-refractivity contribution in [1.82, 2.24) is 0 Å². The van der Waals surface area contributed by atoms with E-state index >= 15 is 0 Å². The third kappa shape index (κ3) is 3.10. The van der Waals surface area contributed by atoms with Gasteiger partial charge in [-0.15, -0.1) is 11.8 Å². The fourth-order valence-corrected chi connectivity index (χ4v) is 3.44. The van der Waals surface area contributed by atoms with E-state index in [0.717, 1.165) is 15.8 Å². The molecule has 0 N–H and O–H groups in total. The van der Waals surface area contributed by atoms with Gasteiger partial charge in [0.2, 0.25) is 0 Å². The number of aryl methyl sites for hydroxylation is 1. The fraction of sp³-hybridized carbons (Fsp3) is 0.357. The maximum Gasteiger partial charge on any atom is 0.336 e. The number of benzene rings is 1. The van der Waals surface area contributed by atoms with Crippen molar-refractivity contribution in [2.45, 2.75) is 37.3 Å². The lowest BCUT2D eigenvalue weighted by atomic mass is 10.1. The average molecular weight is 317 g/mol. The summed E-state index contributed by atoms with van der Waals surface area (Å²) < 4.78 is 5.19. The van der Waals surface area contributed by atoms with Crippen molar-refractivity contribution in [3.63, 3.8) is 0 Å². The van der Waals surface area contributed by atoms with Crippen LogP contribution in [-0.4, -0.2) is 4.75 Å². The molecular formula is C14H14Cl2O2S. The Morgan fingerprint density at radius 3 is 2.42 bits per heavy atom. The second-order valence-electron chi connectivity index (χ2n) is 5.34. The van der Waals surface area contributed by atoms with Crippen LogP contribution in [-0.2, 0) is 0 Å². The molecule has 1 heterocycles. The Morgan fingerprint density at radius 1 is 1.21 bits per heavy atom. The van der Waals surface area contributed by atoms with Crippen LogP contribution < -0.4 is 5.63 Å². The summed E-state index contributed by atoms with van der Waals surface area (Å²) in [5.74, 6) is 0. The first-order chi connectivity index (χ1) is 8.69. The van der Waals surface area contributed by atoms with Gasteiger partial charge in [-0.3, -0.25) is 0 Å². The van der Waals surface area contributed by atoms with Crippen molar-refractivity contribution >= 4 is 45.9 Å². The van der Waals surface area contributed by atoms with Crippen molar-refractivity contribution in [3.8, 4) is 0 Å². The van der Waals surface area contributed by atoms with Crippen molar-refractivity contribution in [2.75, 3.05) is 0 Å². The molecule has 1 aromatic carbocycles. The molecule has 19 heavy (non-hydrogen) atoms. The van der Waals surface area contributed by atoms with E-state index in [4.69, 9.17) is 27.6 Å². The highest BCUT2D eigenvalue weighted by Crippen LogP contribution is 2.44. The molecule has 0 atom stereocenters. The van der Waals surface area contributed by atoms with Gasteiger partial charge in [0, 0.05) is 21.1 Å². The molecule has 0 spiro atoms. The van der Waals surface area contributed by atoms with Gasteiger partial charge in [-0.05, 0) is 18.6 Å². The summed E-state index contributed by atoms with van der Waals surface area (Å²) in [4.78, 5) is 12.2. The van der Waals surface area contributed by atoms with Crippen LogP contribution in [0.4, 0.5) is 0 Å². The Bertz CT molecular complexity index is 699. The predicted octanol–water partition coefficient (Wildman–Crippen LogP) is 5.30. The summed E-state index contributed by atoms with van der Waals surface area (Å²) in [6, 6.07) is 3.24. The molecule has 2 nitrogen and oxygen atoms in total. The molecule has 2 rings (SSSR count). The van der Waals surface area contributed by atoms with Crippen molar-refractivity contribution < 1.29 is 4.42 Å². The van der Waals surface area contributed by atoms with Crippen LogP contribution in [0.2, 0.25) is 10.0 Å². The summed E-state index contributed by atoms with van der Waals surface area (Å²) in [5, 5.41) is 1.76. The molecule has 0 aliphatic heterocycles. The van der Waals surface area contributed by atoms with Crippen LogP contribution in [0.1, 0.15) is 26.3 Å². The van der Waals surface area contributed by atoms with Gasteiger partial charge in [-0.2, -0.15) is 0 Å². The van der Waals surface area contributed by atoms with E-state index in [-0.39, 0.29) is 4.75 Å². The summed E-state index contributed by atoms with van der Waals surface area (Å²) >= 11 is 14.2. The smallest absolute Gasteiger partial charge is 0.336 e. The Labute approximate surface area is 126 Å². The van der Waals surface area contributed by atoms with Crippen LogP contribution in [0.25, 0.3) is 11.0 Å². The van der Waals surface area contributed by atoms with Crippen LogP contribution in [0.15, 0.2) is 26.2 Å². The Morgan fingerprint density at radius 2 is 1.84 bits per heavy atom. The minimum absolute atomic E-state index is 0.0366. The number of hydrogen-bond donors (Lipinski definition) is 0. The van der Waals surface area contributed by atoms with E-state index in [9.17, 15) is 4.79 Å². The fourth-order valence-electron chi connectivity index (χ4n) is 1.76. The Hall–Kier alpha value is -0.640. The molecule has 5 heteroatoms. The second-order valence-corrected chi connectivity index (χ2v) is 7.96. The number of hydrogen-bond acceptors (Lipinski definition) is 3. The molecule has 1 aromatic heterocycles. The zero-order chi connectivity index (χ0) is 14.4. The van der Waals surface area contributed by atoms with Gasteiger partial charge in [0.05, 0.1) is 10.0 Å². The van der Waals surface area contributed by atoms with E-state index < -0.39 is 5.63 Å². The molecule has 102 valence electrons. The Kier molecular flexibility index (Phi) is 3.92. The Balaban J connectivity index is 2.78. The molecule has 0 aliphatic carbocycles. The molecule has 0 aliphatic rings. The molecule has 0 fully saturated rings. The van der Waals surface area contributed by atoms with Gasteiger partial charge in [0.15, 0.2) is 5.58 Å². The zero-order valence-electron chi connectivity index (χ0n) is 11.1. The van der Waals surface area contributed by atoms with E-state index in [2.05, 4.69) is 20.8 Å². The zero-order valence-corrected chi connectivity index (χ0v) is 13.5. The van der Waals surface area contributed by atoms with Crippen LogP contribution in [0.3, 0.4) is 0 Å². The highest BCUT2D eigenvalue weighted by Gasteiger charge is 2.20. The molecule has 0 amide bonds. The van der Waals surface area contributed by atoms with E-state index in [1.807, 2.05) is 6.92 Å². The van der Waals surface area contributed by atoms with Crippen LogP contribution in [0, 0.1) is 6.92 Å². The summed E-state index contributed by atoms with van der Waals surface area (Å²) in [6.07, 6.45) is 0. The minimum Gasteiger partial charge on any atom is -0.421 e. The van der Waals surface area contributed by atoms with Crippen LogP contribution in [0.5, 0.6) is 0 Å². The summed E-state index contributed by atoms with van der Waals surface area (Å²) in [7, 11) is 0. The molecular weight excluding hydrogens is 303 g/mol.